The summed E-state index contributed by atoms with van der Waals surface area (Å²) in [6.07, 6.45) is 0.260. The van der Waals surface area contributed by atoms with Crippen molar-refractivity contribution in [2.24, 2.45) is 0 Å². The molecule has 0 aliphatic carbocycles. The molecule has 0 fully saturated rings. The fourth-order valence-corrected chi connectivity index (χ4v) is 1.48. The molecule has 1 aromatic rings. The minimum atomic E-state index is -1.58. The molecule has 1 atom stereocenters. The van der Waals surface area contributed by atoms with Crippen LogP contribution < -0.4 is 5.73 Å². The van der Waals surface area contributed by atoms with E-state index >= 15 is 0 Å². The summed E-state index contributed by atoms with van der Waals surface area (Å²) < 4.78 is 4.86. The topological polar surface area (TPSA) is 72.5 Å². The van der Waals surface area contributed by atoms with Crippen LogP contribution in [0.15, 0.2) is 24.3 Å². The average molecular weight is 223 g/mol. The number of benzene rings is 1. The Morgan fingerprint density at radius 1 is 1.38 bits per heavy atom. The zero-order valence-electron chi connectivity index (χ0n) is 9.56. The van der Waals surface area contributed by atoms with Crippen LogP contribution in [0.1, 0.15) is 25.8 Å². The molecule has 1 rings (SSSR count). The first kappa shape index (κ1) is 12.5. The SMILES string of the molecule is CCOC(=O)C(O)(CC)c1ccc(N)cc1. The Morgan fingerprint density at radius 3 is 2.38 bits per heavy atom. The highest BCUT2D eigenvalue weighted by atomic mass is 16.5. The number of hydrogen-bond donors (Lipinski definition) is 2. The highest BCUT2D eigenvalue weighted by Crippen LogP contribution is 2.27. The molecule has 88 valence electrons. The molecule has 1 aromatic carbocycles. The van der Waals surface area contributed by atoms with Crippen molar-refractivity contribution in [1.29, 1.82) is 0 Å². The van der Waals surface area contributed by atoms with Crippen LogP contribution in [0.2, 0.25) is 0 Å². The zero-order chi connectivity index (χ0) is 12.2. The summed E-state index contributed by atoms with van der Waals surface area (Å²) in [6.45, 7) is 3.68. The lowest BCUT2D eigenvalue weighted by Crippen LogP contribution is -2.36. The first-order valence-electron chi connectivity index (χ1n) is 5.30. The first-order chi connectivity index (χ1) is 7.54. The van der Waals surface area contributed by atoms with Gasteiger partial charge in [-0.1, -0.05) is 19.1 Å². The summed E-state index contributed by atoms with van der Waals surface area (Å²) >= 11 is 0. The van der Waals surface area contributed by atoms with Crippen molar-refractivity contribution in [2.45, 2.75) is 25.9 Å². The van der Waals surface area contributed by atoms with E-state index < -0.39 is 11.6 Å². The van der Waals surface area contributed by atoms with Gasteiger partial charge in [0.25, 0.3) is 0 Å². The van der Waals surface area contributed by atoms with E-state index in [1.165, 1.54) is 0 Å². The van der Waals surface area contributed by atoms with Gasteiger partial charge < -0.3 is 15.6 Å². The molecular formula is C12H17NO3. The van der Waals surface area contributed by atoms with Gasteiger partial charge in [-0.2, -0.15) is 0 Å². The van der Waals surface area contributed by atoms with Crippen LogP contribution >= 0.6 is 0 Å². The number of esters is 1. The maximum Gasteiger partial charge on any atom is 0.342 e. The minimum absolute atomic E-state index is 0.246. The van der Waals surface area contributed by atoms with Crippen LogP contribution in [0, 0.1) is 0 Å². The van der Waals surface area contributed by atoms with Gasteiger partial charge in [0.2, 0.25) is 0 Å². The molecule has 0 amide bonds. The third-order valence-corrected chi connectivity index (χ3v) is 2.51. The van der Waals surface area contributed by atoms with Gasteiger partial charge in [0.05, 0.1) is 6.61 Å². The molecule has 3 N–H and O–H groups in total. The number of ether oxygens (including phenoxy) is 1. The van der Waals surface area contributed by atoms with Crippen molar-refractivity contribution in [3.8, 4) is 0 Å². The molecule has 0 heterocycles. The van der Waals surface area contributed by atoms with Gasteiger partial charge in [-0.25, -0.2) is 4.79 Å². The maximum atomic E-state index is 11.7. The highest BCUT2D eigenvalue weighted by molar-refractivity contribution is 5.81. The summed E-state index contributed by atoms with van der Waals surface area (Å²) in [6, 6.07) is 6.57. The van der Waals surface area contributed by atoms with Gasteiger partial charge in [-0.15, -0.1) is 0 Å². The molecule has 0 spiro atoms. The molecule has 4 heteroatoms. The highest BCUT2D eigenvalue weighted by Gasteiger charge is 2.37. The molecular weight excluding hydrogens is 206 g/mol. The van der Waals surface area contributed by atoms with Crippen molar-refractivity contribution < 1.29 is 14.6 Å². The molecule has 4 nitrogen and oxygen atoms in total. The summed E-state index contributed by atoms with van der Waals surface area (Å²) in [7, 11) is 0. The fraction of sp³-hybridized carbons (Fsp3) is 0.417. The summed E-state index contributed by atoms with van der Waals surface area (Å²) in [5.74, 6) is -0.623. The number of carbonyl (C=O) groups is 1. The van der Waals surface area contributed by atoms with Crippen LogP contribution in [-0.2, 0) is 15.1 Å². The van der Waals surface area contributed by atoms with Crippen LogP contribution in [0.3, 0.4) is 0 Å². The second kappa shape index (κ2) is 4.99. The third kappa shape index (κ3) is 2.33. The minimum Gasteiger partial charge on any atom is -0.464 e. The maximum absolute atomic E-state index is 11.7. The molecule has 0 saturated carbocycles. The predicted molar refractivity (Wildman–Crippen MR) is 61.7 cm³/mol. The normalized spacial score (nSPS) is 14.2. The fourth-order valence-electron chi connectivity index (χ4n) is 1.48. The molecule has 0 bridgehead atoms. The molecule has 0 radical (unpaired) electrons. The second-order valence-electron chi connectivity index (χ2n) is 3.56. The van der Waals surface area contributed by atoms with Gasteiger partial charge in [0.1, 0.15) is 0 Å². The van der Waals surface area contributed by atoms with Crippen molar-refractivity contribution >= 4 is 11.7 Å². The summed E-state index contributed by atoms with van der Waals surface area (Å²) in [5.41, 5.74) is 5.06. The molecule has 0 aliphatic rings. The van der Waals surface area contributed by atoms with E-state index in [0.717, 1.165) is 0 Å². The standard InChI is InChI=1S/C12H17NO3/c1-3-12(15,11(14)16-4-2)9-5-7-10(13)8-6-9/h5-8,15H,3-4,13H2,1-2H3. The Balaban J connectivity index is 3.04. The lowest BCUT2D eigenvalue weighted by atomic mass is 9.91. The van der Waals surface area contributed by atoms with Crippen molar-refractivity contribution in [2.75, 3.05) is 12.3 Å². The van der Waals surface area contributed by atoms with Crippen LogP contribution in [-0.4, -0.2) is 17.7 Å². The van der Waals surface area contributed by atoms with Crippen molar-refractivity contribution in [1.82, 2.24) is 0 Å². The number of hydrogen-bond acceptors (Lipinski definition) is 4. The lowest BCUT2D eigenvalue weighted by Gasteiger charge is -2.24. The quantitative estimate of drug-likeness (QED) is 0.598. The van der Waals surface area contributed by atoms with E-state index in [-0.39, 0.29) is 13.0 Å². The Morgan fingerprint density at radius 2 is 1.94 bits per heavy atom. The van der Waals surface area contributed by atoms with Gasteiger partial charge in [0.15, 0.2) is 5.60 Å². The zero-order valence-corrected chi connectivity index (χ0v) is 9.56. The number of carbonyl (C=O) groups excluding carboxylic acids is 1. The van der Waals surface area contributed by atoms with E-state index in [1.54, 1.807) is 38.1 Å². The van der Waals surface area contributed by atoms with Gasteiger partial charge in [-0.05, 0) is 31.0 Å². The van der Waals surface area contributed by atoms with Crippen molar-refractivity contribution in [3.63, 3.8) is 0 Å². The Hall–Kier alpha value is -1.55. The van der Waals surface area contributed by atoms with E-state index in [4.69, 9.17) is 10.5 Å². The molecule has 0 aliphatic heterocycles. The number of rotatable bonds is 4. The van der Waals surface area contributed by atoms with Crippen LogP contribution in [0.5, 0.6) is 0 Å². The van der Waals surface area contributed by atoms with E-state index in [2.05, 4.69) is 0 Å². The first-order valence-corrected chi connectivity index (χ1v) is 5.30. The van der Waals surface area contributed by atoms with Crippen LogP contribution in [0.25, 0.3) is 0 Å². The molecule has 0 aromatic heterocycles. The number of aliphatic hydroxyl groups is 1. The lowest BCUT2D eigenvalue weighted by molar-refractivity contribution is -0.166. The number of nitrogen functional groups attached to an aromatic ring is 1. The van der Waals surface area contributed by atoms with Crippen molar-refractivity contribution in [3.05, 3.63) is 29.8 Å². The number of anilines is 1. The molecule has 16 heavy (non-hydrogen) atoms. The average Bonchev–Trinajstić information content (AvgIpc) is 2.29. The monoisotopic (exact) mass is 223 g/mol. The largest absolute Gasteiger partial charge is 0.464 e. The van der Waals surface area contributed by atoms with Gasteiger partial charge in [0, 0.05) is 5.69 Å². The van der Waals surface area contributed by atoms with Gasteiger partial charge >= 0.3 is 5.97 Å². The van der Waals surface area contributed by atoms with E-state index in [1.807, 2.05) is 0 Å². The molecule has 0 saturated heterocycles. The van der Waals surface area contributed by atoms with Crippen LogP contribution in [0.4, 0.5) is 5.69 Å². The summed E-state index contributed by atoms with van der Waals surface area (Å²) in [4.78, 5) is 11.7. The third-order valence-electron chi connectivity index (χ3n) is 2.51. The molecule has 1 unspecified atom stereocenters. The Kier molecular flexibility index (Phi) is 3.90. The number of nitrogens with two attached hydrogens (primary N) is 1. The second-order valence-corrected chi connectivity index (χ2v) is 3.56. The summed E-state index contributed by atoms with van der Waals surface area (Å²) in [5, 5.41) is 10.3. The van der Waals surface area contributed by atoms with Gasteiger partial charge in [-0.3, -0.25) is 0 Å². The Labute approximate surface area is 95.0 Å². The Bertz CT molecular complexity index is 361. The van der Waals surface area contributed by atoms with E-state index in [0.29, 0.717) is 11.3 Å². The smallest absolute Gasteiger partial charge is 0.342 e. The predicted octanol–water partition coefficient (Wildman–Crippen LogP) is 1.43. The van der Waals surface area contributed by atoms with E-state index in [9.17, 15) is 9.90 Å².